The highest BCUT2D eigenvalue weighted by atomic mass is 16.5. The maximum absolute atomic E-state index is 11.1. The molecular formula is C14H18N2O3. The minimum absolute atomic E-state index is 0.116. The zero-order valence-electron chi connectivity index (χ0n) is 11.4. The SMILES string of the molecule is COC(=O)CNCC(C)(C)c1ccc2ncoc2c1. The van der Waals surface area contributed by atoms with E-state index < -0.39 is 0 Å². The summed E-state index contributed by atoms with van der Waals surface area (Å²) in [5.74, 6) is -0.263. The molecule has 19 heavy (non-hydrogen) atoms. The standard InChI is InChI=1S/C14H18N2O3/c1-14(2,8-15-7-13(17)18-3)10-4-5-11-12(6-10)19-9-16-11/h4-6,9,15H,7-8H2,1-3H3. The van der Waals surface area contributed by atoms with Crippen LogP contribution >= 0.6 is 0 Å². The summed E-state index contributed by atoms with van der Waals surface area (Å²) in [6, 6.07) is 5.96. The van der Waals surface area contributed by atoms with Gasteiger partial charge in [-0.3, -0.25) is 4.79 Å². The average Bonchev–Trinajstić information content (AvgIpc) is 2.85. The van der Waals surface area contributed by atoms with Crippen molar-refractivity contribution in [1.29, 1.82) is 0 Å². The number of rotatable bonds is 5. The zero-order chi connectivity index (χ0) is 13.9. The van der Waals surface area contributed by atoms with E-state index in [1.165, 1.54) is 13.5 Å². The highest BCUT2D eigenvalue weighted by Gasteiger charge is 2.21. The van der Waals surface area contributed by atoms with E-state index in [-0.39, 0.29) is 17.9 Å². The Morgan fingerprint density at radius 1 is 1.47 bits per heavy atom. The third-order valence-electron chi connectivity index (χ3n) is 3.18. The van der Waals surface area contributed by atoms with E-state index in [0.717, 1.165) is 16.7 Å². The van der Waals surface area contributed by atoms with Crippen LogP contribution < -0.4 is 5.32 Å². The summed E-state index contributed by atoms with van der Waals surface area (Å²) in [7, 11) is 1.38. The quantitative estimate of drug-likeness (QED) is 0.833. The lowest BCUT2D eigenvalue weighted by atomic mass is 9.84. The monoisotopic (exact) mass is 262 g/mol. The predicted octanol–water partition coefficient (Wildman–Crippen LogP) is 1.87. The minimum atomic E-state index is -0.263. The number of esters is 1. The van der Waals surface area contributed by atoms with E-state index in [1.54, 1.807) is 0 Å². The minimum Gasteiger partial charge on any atom is -0.468 e. The molecule has 0 saturated heterocycles. The number of hydrogen-bond acceptors (Lipinski definition) is 5. The molecule has 0 fully saturated rings. The van der Waals surface area contributed by atoms with Crippen LogP contribution in [0.5, 0.6) is 0 Å². The number of aromatic nitrogens is 1. The molecular weight excluding hydrogens is 244 g/mol. The number of oxazole rings is 1. The average molecular weight is 262 g/mol. The molecule has 1 aromatic carbocycles. The second-order valence-electron chi connectivity index (χ2n) is 5.10. The van der Waals surface area contributed by atoms with Gasteiger partial charge in [-0.1, -0.05) is 19.9 Å². The van der Waals surface area contributed by atoms with E-state index in [4.69, 9.17) is 4.42 Å². The number of carbonyl (C=O) groups excluding carboxylic acids is 1. The molecule has 0 aliphatic carbocycles. The Balaban J connectivity index is 2.07. The molecule has 5 heteroatoms. The number of methoxy groups -OCH3 is 1. The molecule has 2 rings (SSSR count). The Labute approximate surface area is 112 Å². The number of carbonyl (C=O) groups is 1. The van der Waals surface area contributed by atoms with E-state index in [1.807, 2.05) is 18.2 Å². The van der Waals surface area contributed by atoms with Crippen molar-refractivity contribution in [2.45, 2.75) is 19.3 Å². The van der Waals surface area contributed by atoms with E-state index in [2.05, 4.69) is 28.9 Å². The van der Waals surface area contributed by atoms with Crippen LogP contribution in [0, 0.1) is 0 Å². The molecule has 0 aliphatic rings. The fourth-order valence-electron chi connectivity index (χ4n) is 1.93. The Morgan fingerprint density at radius 2 is 2.26 bits per heavy atom. The van der Waals surface area contributed by atoms with Crippen LogP contribution in [-0.2, 0) is 14.9 Å². The number of ether oxygens (including phenoxy) is 1. The Bertz CT molecular complexity index is 575. The first-order valence-corrected chi connectivity index (χ1v) is 6.14. The summed E-state index contributed by atoms with van der Waals surface area (Å²) < 4.78 is 9.90. The van der Waals surface area contributed by atoms with E-state index in [9.17, 15) is 4.79 Å². The van der Waals surface area contributed by atoms with E-state index in [0.29, 0.717) is 6.54 Å². The molecule has 1 N–H and O–H groups in total. The molecule has 0 bridgehead atoms. The van der Waals surface area contributed by atoms with Crippen LogP contribution in [0.1, 0.15) is 19.4 Å². The van der Waals surface area contributed by atoms with Gasteiger partial charge in [0.25, 0.3) is 0 Å². The Kier molecular flexibility index (Phi) is 3.85. The number of benzene rings is 1. The van der Waals surface area contributed by atoms with Gasteiger partial charge in [-0.15, -0.1) is 0 Å². The lowest BCUT2D eigenvalue weighted by molar-refractivity contribution is -0.139. The number of fused-ring (bicyclic) bond motifs is 1. The molecule has 1 heterocycles. The molecule has 0 spiro atoms. The van der Waals surface area contributed by atoms with Gasteiger partial charge in [0.15, 0.2) is 12.0 Å². The van der Waals surface area contributed by atoms with Crippen molar-refractivity contribution in [1.82, 2.24) is 10.3 Å². The van der Waals surface area contributed by atoms with Crippen molar-refractivity contribution in [3.8, 4) is 0 Å². The van der Waals surface area contributed by atoms with Crippen molar-refractivity contribution in [3.05, 3.63) is 30.2 Å². The lowest BCUT2D eigenvalue weighted by Gasteiger charge is -2.25. The van der Waals surface area contributed by atoms with Crippen LogP contribution in [0.2, 0.25) is 0 Å². The summed E-state index contributed by atoms with van der Waals surface area (Å²) >= 11 is 0. The van der Waals surface area contributed by atoms with Crippen molar-refractivity contribution in [3.63, 3.8) is 0 Å². The van der Waals surface area contributed by atoms with Crippen LogP contribution in [0.3, 0.4) is 0 Å². The van der Waals surface area contributed by atoms with Crippen molar-refractivity contribution in [2.75, 3.05) is 20.2 Å². The molecule has 5 nitrogen and oxygen atoms in total. The third kappa shape index (κ3) is 3.12. The maximum Gasteiger partial charge on any atom is 0.319 e. The maximum atomic E-state index is 11.1. The molecule has 2 aromatic rings. The summed E-state index contributed by atoms with van der Waals surface area (Å²) in [5.41, 5.74) is 2.64. The van der Waals surface area contributed by atoms with Gasteiger partial charge in [0.1, 0.15) is 5.52 Å². The molecule has 102 valence electrons. The van der Waals surface area contributed by atoms with Gasteiger partial charge in [0, 0.05) is 12.0 Å². The number of nitrogens with zero attached hydrogens (tertiary/aromatic N) is 1. The molecule has 0 unspecified atom stereocenters. The highest BCUT2D eigenvalue weighted by Crippen LogP contribution is 2.25. The first kappa shape index (κ1) is 13.5. The molecule has 0 atom stereocenters. The summed E-state index contributed by atoms with van der Waals surface area (Å²) in [4.78, 5) is 15.2. The fraction of sp³-hybridized carbons (Fsp3) is 0.429. The Hall–Kier alpha value is -1.88. The van der Waals surface area contributed by atoms with Crippen LogP contribution in [0.4, 0.5) is 0 Å². The van der Waals surface area contributed by atoms with Crippen molar-refractivity contribution in [2.24, 2.45) is 0 Å². The zero-order valence-corrected chi connectivity index (χ0v) is 11.4. The first-order chi connectivity index (χ1) is 9.03. The second kappa shape index (κ2) is 5.40. The summed E-state index contributed by atoms with van der Waals surface area (Å²) in [5, 5.41) is 3.10. The summed E-state index contributed by atoms with van der Waals surface area (Å²) in [6.07, 6.45) is 1.44. The van der Waals surface area contributed by atoms with Gasteiger partial charge in [0.2, 0.25) is 0 Å². The van der Waals surface area contributed by atoms with Crippen LogP contribution in [0.15, 0.2) is 29.0 Å². The topological polar surface area (TPSA) is 64.4 Å². The molecule has 0 radical (unpaired) electrons. The lowest BCUT2D eigenvalue weighted by Crippen LogP contribution is -2.36. The predicted molar refractivity (Wildman–Crippen MR) is 71.9 cm³/mol. The van der Waals surface area contributed by atoms with Gasteiger partial charge >= 0.3 is 5.97 Å². The van der Waals surface area contributed by atoms with Gasteiger partial charge in [-0.2, -0.15) is 0 Å². The fourth-order valence-corrected chi connectivity index (χ4v) is 1.93. The van der Waals surface area contributed by atoms with E-state index >= 15 is 0 Å². The Morgan fingerprint density at radius 3 is 3.00 bits per heavy atom. The van der Waals surface area contributed by atoms with Gasteiger partial charge in [-0.05, 0) is 17.7 Å². The number of nitrogens with one attached hydrogen (secondary N) is 1. The molecule has 0 amide bonds. The molecule has 0 aliphatic heterocycles. The smallest absolute Gasteiger partial charge is 0.319 e. The van der Waals surface area contributed by atoms with Gasteiger partial charge < -0.3 is 14.5 Å². The summed E-state index contributed by atoms with van der Waals surface area (Å²) in [6.45, 7) is 5.09. The third-order valence-corrected chi connectivity index (χ3v) is 3.18. The second-order valence-corrected chi connectivity index (χ2v) is 5.10. The number of hydrogen-bond donors (Lipinski definition) is 1. The molecule has 1 aromatic heterocycles. The van der Waals surface area contributed by atoms with Crippen molar-refractivity contribution >= 4 is 17.1 Å². The van der Waals surface area contributed by atoms with Crippen LogP contribution in [-0.4, -0.2) is 31.2 Å². The van der Waals surface area contributed by atoms with Crippen LogP contribution in [0.25, 0.3) is 11.1 Å². The normalized spacial score (nSPS) is 11.7. The largest absolute Gasteiger partial charge is 0.468 e. The van der Waals surface area contributed by atoms with Gasteiger partial charge in [0.05, 0.1) is 13.7 Å². The van der Waals surface area contributed by atoms with Crippen molar-refractivity contribution < 1.29 is 13.9 Å². The highest BCUT2D eigenvalue weighted by molar-refractivity contribution is 5.73. The van der Waals surface area contributed by atoms with Gasteiger partial charge in [-0.25, -0.2) is 4.98 Å². The first-order valence-electron chi connectivity index (χ1n) is 6.14. The molecule has 0 saturated carbocycles.